The standard InChI is InChI=1S/C21H31F2N3O.2ClH/c1-15(17-5-7-24-8-6-17)13-21(27)26-11-9-25(10-12-26)16(2)19-4-3-18(22)14-20(19)23;;/h3-4,14-17,24H,5-13H2,1-2H3;2*1H. The third kappa shape index (κ3) is 6.78. The van der Waals surface area contributed by atoms with Gasteiger partial charge in [-0.1, -0.05) is 13.0 Å². The van der Waals surface area contributed by atoms with Crippen LogP contribution in [0.2, 0.25) is 0 Å². The number of piperidine rings is 1. The van der Waals surface area contributed by atoms with Crippen LogP contribution in [0, 0.1) is 23.5 Å². The Hall–Kier alpha value is -0.950. The van der Waals surface area contributed by atoms with Crippen LogP contribution >= 0.6 is 24.8 Å². The third-order valence-electron chi connectivity index (χ3n) is 6.31. The summed E-state index contributed by atoms with van der Waals surface area (Å²) in [4.78, 5) is 16.8. The van der Waals surface area contributed by atoms with E-state index >= 15 is 0 Å². The number of nitrogens with zero attached hydrogens (tertiary/aromatic N) is 2. The quantitative estimate of drug-likeness (QED) is 0.733. The SMILES string of the molecule is CC(CC(=O)N1CCN(C(C)c2ccc(F)cc2F)CC1)C1CCNCC1.Cl.Cl. The monoisotopic (exact) mass is 451 g/mol. The van der Waals surface area contributed by atoms with E-state index in [1.807, 2.05) is 11.8 Å². The van der Waals surface area contributed by atoms with E-state index in [1.165, 1.54) is 12.1 Å². The highest BCUT2D eigenvalue weighted by molar-refractivity contribution is 5.85. The second-order valence-electron chi connectivity index (χ2n) is 8.03. The molecule has 29 heavy (non-hydrogen) atoms. The summed E-state index contributed by atoms with van der Waals surface area (Å²) in [6, 6.07) is 3.63. The molecular weight excluding hydrogens is 419 g/mol. The van der Waals surface area contributed by atoms with Gasteiger partial charge in [0.2, 0.25) is 5.91 Å². The van der Waals surface area contributed by atoms with Crippen molar-refractivity contribution < 1.29 is 13.6 Å². The average Bonchev–Trinajstić information content (AvgIpc) is 2.68. The number of halogens is 4. The van der Waals surface area contributed by atoms with Crippen LogP contribution in [-0.2, 0) is 4.79 Å². The fourth-order valence-electron chi connectivity index (χ4n) is 4.38. The van der Waals surface area contributed by atoms with Gasteiger partial charge < -0.3 is 10.2 Å². The van der Waals surface area contributed by atoms with Gasteiger partial charge in [-0.15, -0.1) is 24.8 Å². The molecule has 0 radical (unpaired) electrons. The molecule has 2 heterocycles. The number of rotatable bonds is 5. The first-order valence-electron chi connectivity index (χ1n) is 10.1. The van der Waals surface area contributed by atoms with E-state index < -0.39 is 11.6 Å². The molecule has 2 atom stereocenters. The largest absolute Gasteiger partial charge is 0.340 e. The third-order valence-corrected chi connectivity index (χ3v) is 6.31. The summed E-state index contributed by atoms with van der Waals surface area (Å²) in [5.74, 6) is 0.239. The van der Waals surface area contributed by atoms with Crippen LogP contribution in [0.5, 0.6) is 0 Å². The van der Waals surface area contributed by atoms with Crippen LogP contribution in [0.1, 0.15) is 44.7 Å². The molecule has 2 unspecified atom stereocenters. The molecule has 1 aromatic rings. The van der Waals surface area contributed by atoms with E-state index in [1.54, 1.807) is 0 Å². The summed E-state index contributed by atoms with van der Waals surface area (Å²) < 4.78 is 27.2. The molecule has 4 nitrogen and oxygen atoms in total. The molecule has 0 aliphatic carbocycles. The highest BCUT2D eigenvalue weighted by Crippen LogP contribution is 2.27. The number of carbonyl (C=O) groups is 1. The van der Waals surface area contributed by atoms with Crippen molar-refractivity contribution in [3.8, 4) is 0 Å². The van der Waals surface area contributed by atoms with Gasteiger partial charge in [0.25, 0.3) is 0 Å². The van der Waals surface area contributed by atoms with Gasteiger partial charge in [-0.3, -0.25) is 9.69 Å². The molecule has 1 N–H and O–H groups in total. The van der Waals surface area contributed by atoms with Crippen LogP contribution in [0.4, 0.5) is 8.78 Å². The van der Waals surface area contributed by atoms with Gasteiger partial charge in [0.15, 0.2) is 0 Å². The first-order chi connectivity index (χ1) is 13.0. The summed E-state index contributed by atoms with van der Waals surface area (Å²) in [6.45, 7) is 9.02. The fraction of sp³-hybridized carbons (Fsp3) is 0.667. The first-order valence-corrected chi connectivity index (χ1v) is 10.1. The normalized spacial score (nSPS) is 20.3. The van der Waals surface area contributed by atoms with E-state index in [-0.39, 0.29) is 36.8 Å². The Labute approximate surface area is 185 Å². The van der Waals surface area contributed by atoms with Gasteiger partial charge in [-0.25, -0.2) is 8.78 Å². The molecule has 1 amide bonds. The van der Waals surface area contributed by atoms with Crippen LogP contribution < -0.4 is 5.32 Å². The summed E-state index contributed by atoms with van der Waals surface area (Å²) in [5.41, 5.74) is 0.510. The van der Waals surface area contributed by atoms with Crippen molar-refractivity contribution >= 4 is 30.7 Å². The molecule has 1 aromatic carbocycles. The van der Waals surface area contributed by atoms with Gasteiger partial charge >= 0.3 is 0 Å². The summed E-state index contributed by atoms with van der Waals surface area (Å²) in [5, 5.41) is 3.37. The minimum Gasteiger partial charge on any atom is -0.340 e. The summed E-state index contributed by atoms with van der Waals surface area (Å²) in [7, 11) is 0. The van der Waals surface area contributed by atoms with Crippen LogP contribution in [-0.4, -0.2) is 55.0 Å². The first kappa shape index (κ1) is 26.1. The number of piperazine rings is 1. The molecule has 8 heteroatoms. The average molecular weight is 452 g/mol. The lowest BCUT2D eigenvalue weighted by atomic mass is 9.84. The van der Waals surface area contributed by atoms with Crippen molar-refractivity contribution in [3.05, 3.63) is 35.4 Å². The number of benzene rings is 1. The Kier molecular flexibility index (Phi) is 10.8. The lowest BCUT2D eigenvalue weighted by Gasteiger charge is -2.39. The Morgan fingerprint density at radius 1 is 1.10 bits per heavy atom. The Morgan fingerprint density at radius 3 is 2.31 bits per heavy atom. The van der Waals surface area contributed by atoms with Crippen molar-refractivity contribution in [1.82, 2.24) is 15.1 Å². The molecule has 0 aromatic heterocycles. The molecule has 166 valence electrons. The number of nitrogens with one attached hydrogen (secondary N) is 1. The second kappa shape index (κ2) is 12.0. The van der Waals surface area contributed by atoms with Crippen molar-refractivity contribution in [2.75, 3.05) is 39.3 Å². The lowest BCUT2D eigenvalue weighted by Crippen LogP contribution is -2.49. The molecule has 2 aliphatic heterocycles. The zero-order valence-corrected chi connectivity index (χ0v) is 18.8. The van der Waals surface area contributed by atoms with E-state index in [2.05, 4.69) is 17.1 Å². The highest BCUT2D eigenvalue weighted by atomic mass is 35.5. The van der Waals surface area contributed by atoms with E-state index in [4.69, 9.17) is 0 Å². The predicted octanol–water partition coefficient (Wildman–Crippen LogP) is 4.04. The van der Waals surface area contributed by atoms with Crippen molar-refractivity contribution in [1.29, 1.82) is 0 Å². The molecule has 2 aliphatic rings. The number of hydrogen-bond acceptors (Lipinski definition) is 3. The molecule has 3 rings (SSSR count). The van der Waals surface area contributed by atoms with Gasteiger partial charge in [0.05, 0.1) is 0 Å². The minimum absolute atomic E-state index is 0. The van der Waals surface area contributed by atoms with E-state index in [0.717, 1.165) is 32.0 Å². The smallest absolute Gasteiger partial charge is 0.222 e. The summed E-state index contributed by atoms with van der Waals surface area (Å²) >= 11 is 0. The Bertz CT molecular complexity index is 651. The maximum atomic E-state index is 14.0. The van der Waals surface area contributed by atoms with Gasteiger partial charge in [0.1, 0.15) is 11.6 Å². The van der Waals surface area contributed by atoms with Gasteiger partial charge in [-0.05, 0) is 50.8 Å². The maximum Gasteiger partial charge on any atom is 0.222 e. The molecule has 0 saturated carbocycles. The Morgan fingerprint density at radius 2 is 1.72 bits per heavy atom. The number of hydrogen-bond donors (Lipinski definition) is 1. The zero-order chi connectivity index (χ0) is 19.4. The number of amides is 1. The lowest BCUT2D eigenvalue weighted by molar-refractivity contribution is -0.134. The van der Waals surface area contributed by atoms with Gasteiger partial charge in [0, 0.05) is 50.3 Å². The van der Waals surface area contributed by atoms with Crippen LogP contribution in [0.25, 0.3) is 0 Å². The molecule has 2 saturated heterocycles. The maximum absolute atomic E-state index is 14.0. The second-order valence-corrected chi connectivity index (χ2v) is 8.03. The van der Waals surface area contributed by atoms with Gasteiger partial charge in [-0.2, -0.15) is 0 Å². The van der Waals surface area contributed by atoms with Crippen molar-refractivity contribution in [2.45, 2.75) is 39.2 Å². The fourth-order valence-corrected chi connectivity index (χ4v) is 4.38. The van der Waals surface area contributed by atoms with Crippen LogP contribution in [0.3, 0.4) is 0 Å². The summed E-state index contributed by atoms with van der Waals surface area (Å²) in [6.07, 6.45) is 2.93. The van der Waals surface area contributed by atoms with E-state index in [9.17, 15) is 13.6 Å². The molecule has 0 bridgehead atoms. The zero-order valence-electron chi connectivity index (χ0n) is 17.2. The predicted molar refractivity (Wildman–Crippen MR) is 117 cm³/mol. The molecule has 0 spiro atoms. The number of carbonyl (C=O) groups excluding carboxylic acids is 1. The molecule has 2 fully saturated rings. The minimum atomic E-state index is -0.554. The van der Waals surface area contributed by atoms with Crippen molar-refractivity contribution in [2.24, 2.45) is 11.8 Å². The molecular formula is C21H33Cl2F2N3O. The van der Waals surface area contributed by atoms with Crippen LogP contribution in [0.15, 0.2) is 18.2 Å². The highest BCUT2D eigenvalue weighted by Gasteiger charge is 2.28. The topological polar surface area (TPSA) is 35.6 Å². The Balaban J connectivity index is 0.00000210. The van der Waals surface area contributed by atoms with E-state index in [0.29, 0.717) is 50.0 Å². The van der Waals surface area contributed by atoms with Crippen molar-refractivity contribution in [3.63, 3.8) is 0 Å².